The number of amides is 2. The third kappa shape index (κ3) is 4.55. The standard InChI is InChI=1S/C13H18N2O3S/c16-12(17)4-7-15(11-1-2-11)13(18)14-6-3-10-5-8-19-9-10/h5,8-9,11H,1-4,6-7H2,(H,14,18)(H,16,17). The van der Waals surface area contributed by atoms with Crippen molar-refractivity contribution >= 4 is 23.3 Å². The summed E-state index contributed by atoms with van der Waals surface area (Å²) in [6.07, 6.45) is 2.79. The van der Waals surface area contributed by atoms with Crippen molar-refractivity contribution in [3.8, 4) is 0 Å². The largest absolute Gasteiger partial charge is 0.481 e. The minimum atomic E-state index is -0.864. The van der Waals surface area contributed by atoms with Crippen LogP contribution in [0.2, 0.25) is 0 Å². The van der Waals surface area contributed by atoms with Gasteiger partial charge < -0.3 is 15.3 Å². The lowest BCUT2D eigenvalue weighted by molar-refractivity contribution is -0.137. The maximum absolute atomic E-state index is 12.0. The van der Waals surface area contributed by atoms with Crippen LogP contribution in [0.4, 0.5) is 4.79 Å². The van der Waals surface area contributed by atoms with Gasteiger partial charge in [0.1, 0.15) is 0 Å². The second kappa shape index (κ2) is 6.56. The van der Waals surface area contributed by atoms with Crippen LogP contribution in [0.15, 0.2) is 16.8 Å². The first-order chi connectivity index (χ1) is 9.16. The van der Waals surface area contributed by atoms with Crippen LogP contribution in [0.5, 0.6) is 0 Å². The Hall–Kier alpha value is -1.56. The number of carboxylic acids is 1. The highest BCUT2D eigenvalue weighted by Crippen LogP contribution is 2.26. The van der Waals surface area contributed by atoms with E-state index in [4.69, 9.17) is 5.11 Å². The number of hydrogen-bond acceptors (Lipinski definition) is 3. The molecule has 1 saturated carbocycles. The number of hydrogen-bond donors (Lipinski definition) is 2. The molecular weight excluding hydrogens is 264 g/mol. The molecule has 1 aliphatic rings. The average molecular weight is 282 g/mol. The van der Waals surface area contributed by atoms with E-state index >= 15 is 0 Å². The van der Waals surface area contributed by atoms with Crippen LogP contribution in [-0.2, 0) is 11.2 Å². The van der Waals surface area contributed by atoms with Crippen molar-refractivity contribution in [3.05, 3.63) is 22.4 Å². The monoisotopic (exact) mass is 282 g/mol. The number of nitrogens with one attached hydrogen (secondary N) is 1. The molecule has 19 heavy (non-hydrogen) atoms. The minimum absolute atomic E-state index is 0.00838. The van der Waals surface area contributed by atoms with Crippen LogP contribution in [0.25, 0.3) is 0 Å². The van der Waals surface area contributed by atoms with E-state index in [0.717, 1.165) is 19.3 Å². The van der Waals surface area contributed by atoms with Gasteiger partial charge >= 0.3 is 12.0 Å². The molecule has 0 aliphatic heterocycles. The van der Waals surface area contributed by atoms with Gasteiger partial charge in [-0.2, -0.15) is 11.3 Å². The van der Waals surface area contributed by atoms with E-state index in [1.54, 1.807) is 16.2 Å². The zero-order chi connectivity index (χ0) is 13.7. The second-order valence-electron chi connectivity index (χ2n) is 4.68. The molecule has 1 aromatic heterocycles. The highest BCUT2D eigenvalue weighted by molar-refractivity contribution is 7.07. The van der Waals surface area contributed by atoms with Crippen molar-refractivity contribution in [3.63, 3.8) is 0 Å². The maximum atomic E-state index is 12.0. The Labute approximate surface area is 116 Å². The molecule has 0 bridgehead atoms. The molecule has 5 nitrogen and oxygen atoms in total. The molecule has 0 spiro atoms. The molecule has 104 valence electrons. The number of carboxylic acid groups (broad SMARTS) is 1. The number of thiophene rings is 1. The second-order valence-corrected chi connectivity index (χ2v) is 5.46. The third-order valence-electron chi connectivity index (χ3n) is 3.09. The fourth-order valence-electron chi connectivity index (χ4n) is 1.90. The predicted molar refractivity (Wildman–Crippen MR) is 73.4 cm³/mol. The summed E-state index contributed by atoms with van der Waals surface area (Å²) in [5.41, 5.74) is 1.22. The third-order valence-corrected chi connectivity index (χ3v) is 3.82. The molecule has 0 atom stereocenters. The van der Waals surface area contributed by atoms with Crippen LogP contribution in [0.1, 0.15) is 24.8 Å². The number of aliphatic carboxylic acids is 1. The highest BCUT2D eigenvalue weighted by atomic mass is 32.1. The molecule has 0 saturated heterocycles. The van der Waals surface area contributed by atoms with Gasteiger partial charge in [0.05, 0.1) is 6.42 Å². The summed E-state index contributed by atoms with van der Waals surface area (Å²) < 4.78 is 0. The topological polar surface area (TPSA) is 69.6 Å². The molecule has 1 aromatic rings. The van der Waals surface area contributed by atoms with Gasteiger partial charge in [-0.3, -0.25) is 4.79 Å². The Morgan fingerprint density at radius 3 is 2.84 bits per heavy atom. The van der Waals surface area contributed by atoms with Crippen LogP contribution in [-0.4, -0.2) is 41.1 Å². The average Bonchev–Trinajstić information content (AvgIpc) is 3.06. The van der Waals surface area contributed by atoms with Gasteiger partial charge in [0, 0.05) is 19.1 Å². The van der Waals surface area contributed by atoms with Crippen LogP contribution in [0.3, 0.4) is 0 Å². The van der Waals surface area contributed by atoms with Crippen LogP contribution >= 0.6 is 11.3 Å². The van der Waals surface area contributed by atoms with Gasteiger partial charge in [-0.15, -0.1) is 0 Å². The smallest absolute Gasteiger partial charge is 0.317 e. The Kier molecular flexibility index (Phi) is 4.79. The van der Waals surface area contributed by atoms with E-state index in [2.05, 4.69) is 10.7 Å². The van der Waals surface area contributed by atoms with E-state index in [9.17, 15) is 9.59 Å². The molecule has 0 unspecified atom stereocenters. The van der Waals surface area contributed by atoms with Gasteiger partial charge in [-0.05, 0) is 41.7 Å². The lowest BCUT2D eigenvalue weighted by Gasteiger charge is -2.22. The van der Waals surface area contributed by atoms with E-state index in [0.29, 0.717) is 13.1 Å². The number of rotatable bonds is 7. The van der Waals surface area contributed by atoms with Crippen molar-refractivity contribution in [1.29, 1.82) is 0 Å². The SMILES string of the molecule is O=C(O)CCN(C(=O)NCCc1ccsc1)C1CC1. The molecule has 2 rings (SSSR count). The van der Waals surface area contributed by atoms with Gasteiger partial charge in [-0.25, -0.2) is 4.79 Å². The Morgan fingerprint density at radius 1 is 1.47 bits per heavy atom. The zero-order valence-corrected chi connectivity index (χ0v) is 11.5. The van der Waals surface area contributed by atoms with E-state index < -0.39 is 5.97 Å². The van der Waals surface area contributed by atoms with Crippen LogP contribution in [0, 0.1) is 0 Å². The molecule has 2 amide bonds. The Balaban J connectivity index is 1.74. The highest BCUT2D eigenvalue weighted by Gasteiger charge is 2.32. The molecular formula is C13H18N2O3S. The molecule has 1 fully saturated rings. The summed E-state index contributed by atoms with van der Waals surface area (Å²) in [5, 5.41) is 15.6. The molecule has 1 heterocycles. The summed E-state index contributed by atoms with van der Waals surface area (Å²) in [4.78, 5) is 24.2. The lowest BCUT2D eigenvalue weighted by Crippen LogP contribution is -2.43. The van der Waals surface area contributed by atoms with Crippen molar-refractivity contribution in [2.24, 2.45) is 0 Å². The normalized spacial score (nSPS) is 14.1. The summed E-state index contributed by atoms with van der Waals surface area (Å²) in [7, 11) is 0. The fourth-order valence-corrected chi connectivity index (χ4v) is 2.61. The van der Waals surface area contributed by atoms with Gasteiger partial charge in [0.15, 0.2) is 0 Å². The van der Waals surface area contributed by atoms with Gasteiger partial charge in [0.25, 0.3) is 0 Å². The van der Waals surface area contributed by atoms with Gasteiger partial charge in [0.2, 0.25) is 0 Å². The van der Waals surface area contributed by atoms with E-state index in [1.165, 1.54) is 5.56 Å². The van der Waals surface area contributed by atoms with Crippen molar-refractivity contribution < 1.29 is 14.7 Å². The summed E-state index contributed by atoms with van der Waals surface area (Å²) >= 11 is 1.64. The molecule has 1 aliphatic carbocycles. The van der Waals surface area contributed by atoms with Crippen molar-refractivity contribution in [1.82, 2.24) is 10.2 Å². The first-order valence-electron chi connectivity index (χ1n) is 6.44. The minimum Gasteiger partial charge on any atom is -0.481 e. The fraction of sp³-hybridized carbons (Fsp3) is 0.538. The first kappa shape index (κ1) is 13.9. The van der Waals surface area contributed by atoms with E-state index in [1.807, 2.05) is 11.4 Å². The van der Waals surface area contributed by atoms with Crippen molar-refractivity contribution in [2.45, 2.75) is 31.7 Å². The Morgan fingerprint density at radius 2 is 2.26 bits per heavy atom. The lowest BCUT2D eigenvalue weighted by atomic mass is 10.2. The number of urea groups is 1. The summed E-state index contributed by atoms with van der Waals surface area (Å²) in [5.74, 6) is -0.864. The summed E-state index contributed by atoms with van der Waals surface area (Å²) in [6, 6.07) is 2.14. The van der Waals surface area contributed by atoms with E-state index in [-0.39, 0.29) is 18.5 Å². The zero-order valence-electron chi connectivity index (χ0n) is 10.7. The van der Waals surface area contributed by atoms with Crippen molar-refractivity contribution in [2.75, 3.05) is 13.1 Å². The Bertz CT molecular complexity index is 429. The number of carbonyl (C=O) groups excluding carboxylic acids is 1. The predicted octanol–water partition coefficient (Wildman–Crippen LogP) is 1.94. The number of carbonyl (C=O) groups is 2. The summed E-state index contributed by atoms with van der Waals surface area (Å²) in [6.45, 7) is 0.885. The molecule has 0 aromatic carbocycles. The number of nitrogens with zero attached hydrogens (tertiary/aromatic N) is 1. The quantitative estimate of drug-likeness (QED) is 0.803. The first-order valence-corrected chi connectivity index (χ1v) is 7.38. The van der Waals surface area contributed by atoms with Crippen LogP contribution < -0.4 is 5.32 Å². The maximum Gasteiger partial charge on any atom is 0.317 e. The molecule has 2 N–H and O–H groups in total. The molecule has 0 radical (unpaired) electrons. The molecule has 6 heteroatoms. The van der Waals surface area contributed by atoms with Gasteiger partial charge in [-0.1, -0.05) is 0 Å².